The summed E-state index contributed by atoms with van der Waals surface area (Å²) in [6.45, 7) is 4.00. The van der Waals surface area contributed by atoms with E-state index in [9.17, 15) is 4.79 Å². The number of hydrogen-bond donors (Lipinski definition) is 1. The molecule has 1 aromatic carbocycles. The first-order valence-corrected chi connectivity index (χ1v) is 8.58. The molecular weight excluding hydrogens is 324 g/mol. The van der Waals surface area contributed by atoms with E-state index in [0.717, 1.165) is 31.0 Å². The van der Waals surface area contributed by atoms with Gasteiger partial charge < -0.3 is 0 Å². The van der Waals surface area contributed by atoms with Crippen molar-refractivity contribution in [2.45, 2.75) is 25.8 Å². The van der Waals surface area contributed by atoms with Crippen LogP contribution in [0.4, 0.5) is 5.95 Å². The lowest BCUT2D eigenvalue weighted by molar-refractivity contribution is -0.121. The number of carbonyl (C=O) groups is 1. The molecule has 1 amide bonds. The zero-order valence-corrected chi connectivity index (χ0v) is 14.4. The highest BCUT2D eigenvalue weighted by Crippen LogP contribution is 2.27. The van der Waals surface area contributed by atoms with Gasteiger partial charge in [0.2, 0.25) is 11.9 Å². The van der Waals surface area contributed by atoms with Gasteiger partial charge in [-0.15, -0.1) is 0 Å². The van der Waals surface area contributed by atoms with Crippen LogP contribution >= 0.6 is 11.6 Å². The van der Waals surface area contributed by atoms with E-state index >= 15 is 0 Å². The molecule has 2 aromatic rings. The van der Waals surface area contributed by atoms with Crippen molar-refractivity contribution in [3.63, 3.8) is 0 Å². The van der Waals surface area contributed by atoms with Gasteiger partial charge in [-0.3, -0.25) is 15.0 Å². The highest BCUT2D eigenvalue weighted by Gasteiger charge is 2.28. The summed E-state index contributed by atoms with van der Waals surface area (Å²) in [6.07, 6.45) is 4.94. The molecule has 0 bridgehead atoms. The minimum Gasteiger partial charge on any atom is -0.297 e. The molecule has 0 saturated carbocycles. The Morgan fingerprint density at radius 2 is 1.83 bits per heavy atom. The molecule has 1 N–H and O–H groups in total. The topological polar surface area (TPSA) is 58.1 Å². The molecule has 6 heteroatoms. The number of halogens is 1. The Hall–Kier alpha value is -1.98. The Bertz CT molecular complexity index is 669. The Labute approximate surface area is 147 Å². The van der Waals surface area contributed by atoms with E-state index in [1.165, 1.54) is 5.56 Å². The van der Waals surface area contributed by atoms with E-state index in [2.05, 4.69) is 39.2 Å². The van der Waals surface area contributed by atoms with Crippen molar-refractivity contribution in [1.82, 2.24) is 14.9 Å². The highest BCUT2D eigenvalue weighted by atomic mass is 35.5. The number of likely N-dealkylation sites (tertiary alicyclic amines) is 1. The van der Waals surface area contributed by atoms with E-state index in [4.69, 9.17) is 11.6 Å². The van der Waals surface area contributed by atoms with Crippen LogP contribution in [-0.4, -0.2) is 33.9 Å². The van der Waals surface area contributed by atoms with Crippen molar-refractivity contribution >= 4 is 23.5 Å². The second-order valence-corrected chi connectivity index (χ2v) is 6.54. The maximum atomic E-state index is 12.3. The van der Waals surface area contributed by atoms with Crippen molar-refractivity contribution < 1.29 is 4.79 Å². The van der Waals surface area contributed by atoms with E-state index in [1.807, 2.05) is 12.1 Å². The molecule has 1 saturated heterocycles. The van der Waals surface area contributed by atoms with Crippen LogP contribution in [0, 0.1) is 5.92 Å². The van der Waals surface area contributed by atoms with Gasteiger partial charge in [-0.1, -0.05) is 23.7 Å². The van der Waals surface area contributed by atoms with Gasteiger partial charge in [-0.05, 0) is 56.6 Å². The fourth-order valence-corrected chi connectivity index (χ4v) is 3.20. The first-order valence-electron chi connectivity index (χ1n) is 8.21. The van der Waals surface area contributed by atoms with Gasteiger partial charge in [0.15, 0.2) is 0 Å². The van der Waals surface area contributed by atoms with Crippen molar-refractivity contribution in [3.05, 3.63) is 53.3 Å². The number of nitrogens with one attached hydrogen (secondary N) is 1. The van der Waals surface area contributed by atoms with Crippen LogP contribution < -0.4 is 5.32 Å². The van der Waals surface area contributed by atoms with Gasteiger partial charge in [0.25, 0.3) is 0 Å². The lowest BCUT2D eigenvalue weighted by Crippen LogP contribution is -2.39. The molecule has 24 heavy (non-hydrogen) atoms. The number of piperidine rings is 1. The summed E-state index contributed by atoms with van der Waals surface area (Å²) in [5.41, 5.74) is 1.25. The summed E-state index contributed by atoms with van der Waals surface area (Å²) < 4.78 is 0. The highest BCUT2D eigenvalue weighted by molar-refractivity contribution is 6.30. The quantitative estimate of drug-likeness (QED) is 0.921. The fourth-order valence-electron chi connectivity index (χ4n) is 3.08. The maximum Gasteiger partial charge on any atom is 0.229 e. The first kappa shape index (κ1) is 16.9. The number of anilines is 1. The number of carbonyl (C=O) groups excluding carboxylic acids is 1. The molecule has 126 valence electrons. The average Bonchev–Trinajstić information content (AvgIpc) is 2.63. The summed E-state index contributed by atoms with van der Waals surface area (Å²) in [5, 5.41) is 3.55. The molecule has 1 aliphatic rings. The number of amides is 1. The fraction of sp³-hybridized carbons (Fsp3) is 0.389. The molecule has 3 rings (SSSR count). The van der Waals surface area contributed by atoms with Crippen molar-refractivity contribution in [3.8, 4) is 0 Å². The third-order valence-electron chi connectivity index (χ3n) is 4.60. The zero-order chi connectivity index (χ0) is 16.9. The van der Waals surface area contributed by atoms with E-state index < -0.39 is 0 Å². The Morgan fingerprint density at radius 1 is 1.21 bits per heavy atom. The minimum atomic E-state index is 0.0139. The number of rotatable bonds is 4. The Kier molecular flexibility index (Phi) is 5.43. The number of hydrogen-bond acceptors (Lipinski definition) is 4. The standard InChI is InChI=1S/C18H21ClN4O/c1-13(14-3-5-16(19)6-4-14)23-11-7-15(8-12-23)17(24)22-18-20-9-2-10-21-18/h2-6,9-10,13,15H,7-8,11-12H2,1H3,(H,20,21,22,24)/t13-/m1/s1. The summed E-state index contributed by atoms with van der Waals surface area (Å²) in [5.74, 6) is 0.405. The molecule has 0 unspecified atom stereocenters. The molecule has 1 fully saturated rings. The third-order valence-corrected chi connectivity index (χ3v) is 4.85. The molecule has 2 heterocycles. The summed E-state index contributed by atoms with van der Waals surface area (Å²) in [7, 11) is 0. The number of nitrogens with zero attached hydrogens (tertiary/aromatic N) is 3. The number of aromatic nitrogens is 2. The van der Waals surface area contributed by atoms with Gasteiger partial charge in [-0.2, -0.15) is 0 Å². The smallest absolute Gasteiger partial charge is 0.229 e. The zero-order valence-electron chi connectivity index (χ0n) is 13.7. The molecule has 1 aromatic heterocycles. The van der Waals surface area contributed by atoms with E-state index in [1.54, 1.807) is 18.5 Å². The van der Waals surface area contributed by atoms with E-state index in [-0.39, 0.29) is 11.8 Å². The second kappa shape index (κ2) is 7.73. The van der Waals surface area contributed by atoms with Crippen LogP contribution in [0.5, 0.6) is 0 Å². The third kappa shape index (κ3) is 4.10. The van der Waals surface area contributed by atoms with Gasteiger partial charge in [0.1, 0.15) is 0 Å². The van der Waals surface area contributed by atoms with Gasteiger partial charge >= 0.3 is 0 Å². The van der Waals surface area contributed by atoms with Gasteiger partial charge in [0.05, 0.1) is 0 Å². The van der Waals surface area contributed by atoms with Gasteiger partial charge in [0, 0.05) is 29.4 Å². The van der Waals surface area contributed by atoms with Crippen LogP contribution in [0.15, 0.2) is 42.7 Å². The first-order chi connectivity index (χ1) is 11.6. The van der Waals surface area contributed by atoms with Crippen molar-refractivity contribution in [2.75, 3.05) is 18.4 Å². The molecule has 1 aliphatic heterocycles. The summed E-state index contributed by atoms with van der Waals surface area (Å²) in [4.78, 5) is 22.8. The molecule has 0 radical (unpaired) electrons. The summed E-state index contributed by atoms with van der Waals surface area (Å²) in [6, 6.07) is 10.0. The van der Waals surface area contributed by atoms with Gasteiger partial charge in [-0.25, -0.2) is 9.97 Å². The second-order valence-electron chi connectivity index (χ2n) is 6.10. The molecular formula is C18H21ClN4O. The predicted molar refractivity (Wildman–Crippen MR) is 94.8 cm³/mol. The van der Waals surface area contributed by atoms with Crippen LogP contribution in [0.2, 0.25) is 5.02 Å². The minimum absolute atomic E-state index is 0.0139. The van der Waals surface area contributed by atoms with Crippen molar-refractivity contribution in [1.29, 1.82) is 0 Å². The van der Waals surface area contributed by atoms with Crippen LogP contribution in [0.25, 0.3) is 0 Å². The molecule has 0 aliphatic carbocycles. The maximum absolute atomic E-state index is 12.3. The lowest BCUT2D eigenvalue weighted by Gasteiger charge is -2.35. The SMILES string of the molecule is C[C@H](c1ccc(Cl)cc1)N1CCC(C(=O)Nc2ncccn2)CC1. The predicted octanol–water partition coefficient (Wildman–Crippen LogP) is 3.54. The Balaban J connectivity index is 1.53. The van der Waals surface area contributed by atoms with Crippen LogP contribution in [0.3, 0.4) is 0 Å². The normalized spacial score (nSPS) is 17.4. The lowest BCUT2D eigenvalue weighted by atomic mass is 9.94. The summed E-state index contributed by atoms with van der Waals surface area (Å²) >= 11 is 5.95. The Morgan fingerprint density at radius 3 is 2.46 bits per heavy atom. The molecule has 5 nitrogen and oxygen atoms in total. The van der Waals surface area contributed by atoms with Crippen molar-refractivity contribution in [2.24, 2.45) is 5.92 Å². The largest absolute Gasteiger partial charge is 0.297 e. The van der Waals surface area contributed by atoms with E-state index in [0.29, 0.717) is 12.0 Å². The molecule has 0 spiro atoms. The molecule has 1 atom stereocenters. The van der Waals surface area contributed by atoms with Crippen LogP contribution in [0.1, 0.15) is 31.4 Å². The average molecular weight is 345 g/mol. The van der Waals surface area contributed by atoms with Crippen LogP contribution in [-0.2, 0) is 4.79 Å². The number of benzene rings is 1. The monoisotopic (exact) mass is 344 g/mol.